The van der Waals surface area contributed by atoms with Crippen molar-refractivity contribution < 1.29 is 14.8 Å². The molecule has 2 N–H and O–H groups in total. The molecule has 2 unspecified atom stereocenters. The Morgan fingerprint density at radius 3 is 2.68 bits per heavy atom. The van der Waals surface area contributed by atoms with Crippen molar-refractivity contribution in [1.82, 2.24) is 5.32 Å². The van der Waals surface area contributed by atoms with Crippen LogP contribution in [0.3, 0.4) is 0 Å². The molecule has 0 spiro atoms. The topological polar surface area (TPSA) is 92.5 Å². The minimum Gasteiger partial charge on any atom is -0.396 e. The van der Waals surface area contributed by atoms with E-state index in [-0.39, 0.29) is 29.8 Å². The molecule has 0 fully saturated rings. The second-order valence-electron chi connectivity index (χ2n) is 4.34. The SMILES string of the molecule is CC(CO)C(C)NC(=O)c1ccc(Br)cc1[N+](=O)[O-]. The number of nitro benzene ring substituents is 1. The van der Waals surface area contributed by atoms with Crippen molar-refractivity contribution in [3.63, 3.8) is 0 Å². The predicted octanol–water partition coefficient (Wildman–Crippen LogP) is 2.10. The second kappa shape index (κ2) is 6.63. The van der Waals surface area contributed by atoms with Crippen LogP contribution in [0.15, 0.2) is 22.7 Å². The van der Waals surface area contributed by atoms with Crippen molar-refractivity contribution in [2.75, 3.05) is 6.61 Å². The Kier molecular flexibility index (Phi) is 5.44. The van der Waals surface area contributed by atoms with E-state index in [9.17, 15) is 14.9 Å². The first-order valence-electron chi connectivity index (χ1n) is 5.72. The number of nitro groups is 1. The first-order valence-corrected chi connectivity index (χ1v) is 6.51. The summed E-state index contributed by atoms with van der Waals surface area (Å²) in [6, 6.07) is 3.98. The Labute approximate surface area is 119 Å². The van der Waals surface area contributed by atoms with Gasteiger partial charge >= 0.3 is 0 Å². The molecule has 104 valence electrons. The molecule has 0 aliphatic rings. The van der Waals surface area contributed by atoms with E-state index in [2.05, 4.69) is 21.2 Å². The van der Waals surface area contributed by atoms with Gasteiger partial charge in [0.15, 0.2) is 0 Å². The average Bonchev–Trinajstić information content (AvgIpc) is 2.37. The molecule has 7 heteroatoms. The summed E-state index contributed by atoms with van der Waals surface area (Å²) in [5.74, 6) is -0.648. The largest absolute Gasteiger partial charge is 0.396 e. The Morgan fingerprint density at radius 1 is 1.53 bits per heavy atom. The van der Waals surface area contributed by atoms with Crippen LogP contribution in [0.2, 0.25) is 0 Å². The van der Waals surface area contributed by atoms with E-state index in [1.807, 2.05) is 0 Å². The molecular weight excluding hydrogens is 316 g/mol. The Morgan fingerprint density at radius 2 is 2.16 bits per heavy atom. The van der Waals surface area contributed by atoms with E-state index in [1.54, 1.807) is 19.9 Å². The molecule has 2 atom stereocenters. The number of aliphatic hydroxyl groups excluding tert-OH is 1. The molecule has 0 bridgehead atoms. The van der Waals surface area contributed by atoms with Gasteiger partial charge in [0.05, 0.1) is 4.92 Å². The molecule has 1 amide bonds. The minimum absolute atomic E-state index is 0.00481. The fourth-order valence-electron chi connectivity index (χ4n) is 1.43. The Balaban J connectivity index is 2.97. The number of aliphatic hydroxyl groups is 1. The van der Waals surface area contributed by atoms with Crippen molar-refractivity contribution in [2.45, 2.75) is 19.9 Å². The van der Waals surface area contributed by atoms with E-state index in [0.29, 0.717) is 4.47 Å². The van der Waals surface area contributed by atoms with Crippen LogP contribution in [0, 0.1) is 16.0 Å². The number of hydrogen-bond donors (Lipinski definition) is 2. The highest BCUT2D eigenvalue weighted by Gasteiger charge is 2.22. The zero-order valence-corrected chi connectivity index (χ0v) is 12.2. The van der Waals surface area contributed by atoms with Crippen LogP contribution in [0.25, 0.3) is 0 Å². The van der Waals surface area contributed by atoms with Crippen molar-refractivity contribution in [3.8, 4) is 0 Å². The van der Waals surface area contributed by atoms with Crippen LogP contribution in [-0.2, 0) is 0 Å². The third kappa shape index (κ3) is 4.00. The summed E-state index contributed by atoms with van der Waals surface area (Å²) in [5.41, 5.74) is -0.249. The van der Waals surface area contributed by atoms with Gasteiger partial charge in [-0.05, 0) is 25.0 Å². The van der Waals surface area contributed by atoms with Crippen molar-refractivity contribution in [1.29, 1.82) is 0 Å². The van der Waals surface area contributed by atoms with Crippen LogP contribution in [0.4, 0.5) is 5.69 Å². The van der Waals surface area contributed by atoms with Crippen LogP contribution in [0.1, 0.15) is 24.2 Å². The molecule has 0 aliphatic carbocycles. The van der Waals surface area contributed by atoms with Gasteiger partial charge < -0.3 is 10.4 Å². The van der Waals surface area contributed by atoms with Gasteiger partial charge in [0.25, 0.3) is 11.6 Å². The lowest BCUT2D eigenvalue weighted by Crippen LogP contribution is -2.38. The molecule has 1 aromatic carbocycles. The van der Waals surface area contributed by atoms with Gasteiger partial charge in [0.1, 0.15) is 5.56 Å². The zero-order chi connectivity index (χ0) is 14.6. The maximum absolute atomic E-state index is 12.0. The summed E-state index contributed by atoms with van der Waals surface area (Å²) in [5, 5.41) is 22.6. The van der Waals surface area contributed by atoms with Crippen LogP contribution < -0.4 is 5.32 Å². The van der Waals surface area contributed by atoms with E-state index in [0.717, 1.165) is 0 Å². The van der Waals surface area contributed by atoms with E-state index in [1.165, 1.54) is 12.1 Å². The summed E-state index contributed by atoms with van der Waals surface area (Å²) in [7, 11) is 0. The van der Waals surface area contributed by atoms with Gasteiger partial charge in [0.2, 0.25) is 0 Å². The fraction of sp³-hybridized carbons (Fsp3) is 0.417. The van der Waals surface area contributed by atoms with E-state index in [4.69, 9.17) is 5.11 Å². The number of halogens is 1. The molecule has 0 aliphatic heterocycles. The molecule has 0 saturated heterocycles. The zero-order valence-electron chi connectivity index (χ0n) is 10.6. The maximum Gasteiger partial charge on any atom is 0.283 e. The monoisotopic (exact) mass is 330 g/mol. The Hall–Kier alpha value is -1.47. The number of nitrogens with zero attached hydrogens (tertiary/aromatic N) is 1. The number of carbonyl (C=O) groups excluding carboxylic acids is 1. The second-order valence-corrected chi connectivity index (χ2v) is 5.26. The van der Waals surface area contributed by atoms with Gasteiger partial charge in [-0.15, -0.1) is 0 Å². The fourth-order valence-corrected chi connectivity index (χ4v) is 1.78. The van der Waals surface area contributed by atoms with Crippen LogP contribution >= 0.6 is 15.9 Å². The molecule has 1 rings (SSSR count). The van der Waals surface area contributed by atoms with Crippen molar-refractivity contribution >= 4 is 27.5 Å². The summed E-state index contributed by atoms with van der Waals surface area (Å²) in [6.45, 7) is 3.45. The molecule has 19 heavy (non-hydrogen) atoms. The van der Waals surface area contributed by atoms with Gasteiger partial charge in [0, 0.05) is 23.2 Å². The molecule has 0 saturated carbocycles. The van der Waals surface area contributed by atoms with Gasteiger partial charge in [-0.2, -0.15) is 0 Å². The highest BCUT2D eigenvalue weighted by molar-refractivity contribution is 9.10. The number of nitrogens with one attached hydrogen (secondary N) is 1. The first-order chi connectivity index (χ1) is 8.86. The highest BCUT2D eigenvalue weighted by atomic mass is 79.9. The van der Waals surface area contributed by atoms with E-state index < -0.39 is 10.8 Å². The van der Waals surface area contributed by atoms with Gasteiger partial charge in [-0.25, -0.2) is 0 Å². The minimum atomic E-state index is -0.597. The smallest absolute Gasteiger partial charge is 0.283 e. The van der Waals surface area contributed by atoms with Crippen molar-refractivity contribution in [3.05, 3.63) is 38.3 Å². The number of rotatable bonds is 5. The van der Waals surface area contributed by atoms with Gasteiger partial charge in [-0.1, -0.05) is 22.9 Å². The normalized spacial score (nSPS) is 13.7. The number of hydrogen-bond acceptors (Lipinski definition) is 4. The third-order valence-corrected chi connectivity index (χ3v) is 3.39. The predicted molar refractivity (Wildman–Crippen MR) is 74.0 cm³/mol. The molecular formula is C12H15BrN2O4. The van der Waals surface area contributed by atoms with Gasteiger partial charge in [-0.3, -0.25) is 14.9 Å². The van der Waals surface area contributed by atoms with Crippen molar-refractivity contribution in [2.24, 2.45) is 5.92 Å². The number of benzene rings is 1. The number of carbonyl (C=O) groups is 1. The molecule has 6 nitrogen and oxygen atoms in total. The molecule has 1 aromatic rings. The number of amides is 1. The summed E-state index contributed by atoms with van der Waals surface area (Å²) in [6.07, 6.45) is 0. The quantitative estimate of drug-likeness (QED) is 0.638. The third-order valence-electron chi connectivity index (χ3n) is 2.90. The van der Waals surface area contributed by atoms with Crippen LogP contribution in [-0.4, -0.2) is 28.6 Å². The Bertz CT molecular complexity index is 493. The average molecular weight is 331 g/mol. The summed E-state index contributed by atoms with van der Waals surface area (Å²) in [4.78, 5) is 22.3. The molecule has 0 heterocycles. The highest BCUT2D eigenvalue weighted by Crippen LogP contribution is 2.23. The lowest BCUT2D eigenvalue weighted by atomic mass is 10.0. The lowest BCUT2D eigenvalue weighted by Gasteiger charge is -2.19. The van der Waals surface area contributed by atoms with E-state index >= 15 is 0 Å². The first kappa shape index (κ1) is 15.6. The maximum atomic E-state index is 12.0. The standard InChI is InChI=1S/C12H15BrN2O4/c1-7(6-16)8(2)14-12(17)10-4-3-9(13)5-11(10)15(18)19/h3-5,7-8,16H,6H2,1-2H3,(H,14,17). The molecule has 0 aromatic heterocycles. The lowest BCUT2D eigenvalue weighted by molar-refractivity contribution is -0.385. The van der Waals surface area contributed by atoms with Crippen LogP contribution in [0.5, 0.6) is 0 Å². The summed E-state index contributed by atoms with van der Waals surface area (Å²) >= 11 is 3.13. The molecule has 0 radical (unpaired) electrons. The summed E-state index contributed by atoms with van der Waals surface area (Å²) < 4.78 is 0.535.